The zero-order valence-corrected chi connectivity index (χ0v) is 26.8. The minimum Gasteiger partial charge on any atom is -0.0834 e. The summed E-state index contributed by atoms with van der Waals surface area (Å²) in [7, 11) is 0. The largest absolute Gasteiger partial charge is 0.0834 e. The second-order valence-electron chi connectivity index (χ2n) is 12.8. The molecule has 1 atom stereocenters. The summed E-state index contributed by atoms with van der Waals surface area (Å²) in [6.07, 6.45) is 25.1. The van der Waals surface area contributed by atoms with E-state index in [0.717, 1.165) is 29.6 Å². The van der Waals surface area contributed by atoms with Crippen molar-refractivity contribution in [3.8, 4) is 35.5 Å². The van der Waals surface area contributed by atoms with Crippen LogP contribution in [0.15, 0.2) is 93.7 Å². The van der Waals surface area contributed by atoms with Gasteiger partial charge in [-0.1, -0.05) is 118 Å². The highest BCUT2D eigenvalue weighted by Gasteiger charge is 2.30. The minimum absolute atomic E-state index is 0.177. The maximum atomic E-state index is 3.20. The molecule has 0 nitrogen and oxygen atoms in total. The molecule has 2 aliphatic carbocycles. The minimum atomic E-state index is 0.177. The standard InChI is InChI=1S/C40H50/c1-31(19-13-21-33(3)25-27-37-35(5)23-15-29-39(37,7)8)17-11-12-18-32(2)20-14-22-34(4)26-28-38-36(6)24-16-30-40(38,9)10/h15,17-18,21-23,25,27-28,36H,16,24,26,29-30H2,1-10H3/b27-25+,31-17+,32-18+,33-21+,34-22+,38-28+. The molecule has 0 spiro atoms. The van der Waals surface area contributed by atoms with Crippen molar-refractivity contribution in [3.05, 3.63) is 93.7 Å². The van der Waals surface area contributed by atoms with Gasteiger partial charge in [0.15, 0.2) is 0 Å². The van der Waals surface area contributed by atoms with Crippen LogP contribution in [0.1, 0.15) is 101 Å². The molecular weight excluding hydrogens is 480 g/mol. The van der Waals surface area contributed by atoms with E-state index < -0.39 is 0 Å². The fraction of sp³-hybridized carbons (Fsp3) is 0.450. The van der Waals surface area contributed by atoms with Crippen molar-refractivity contribution in [2.24, 2.45) is 16.7 Å². The van der Waals surface area contributed by atoms with Gasteiger partial charge in [0.1, 0.15) is 0 Å². The molecule has 1 saturated carbocycles. The van der Waals surface area contributed by atoms with Crippen LogP contribution in [0.2, 0.25) is 0 Å². The maximum absolute atomic E-state index is 3.20. The zero-order valence-electron chi connectivity index (χ0n) is 26.8. The van der Waals surface area contributed by atoms with Gasteiger partial charge in [0, 0.05) is 11.1 Å². The Kier molecular flexibility index (Phi) is 12.6. The van der Waals surface area contributed by atoms with Crippen molar-refractivity contribution < 1.29 is 0 Å². The van der Waals surface area contributed by atoms with Gasteiger partial charge in [-0.3, -0.25) is 0 Å². The molecular formula is C40H50. The summed E-state index contributed by atoms with van der Waals surface area (Å²) < 4.78 is 0. The molecule has 2 aliphatic rings. The summed E-state index contributed by atoms with van der Waals surface area (Å²) in [5.74, 6) is 19.6. The van der Waals surface area contributed by atoms with Crippen molar-refractivity contribution in [1.29, 1.82) is 0 Å². The van der Waals surface area contributed by atoms with E-state index in [1.807, 2.05) is 38.2 Å². The number of hydrogen-bond donors (Lipinski definition) is 0. The fourth-order valence-electron chi connectivity index (χ4n) is 5.42. The molecule has 0 N–H and O–H groups in total. The molecule has 0 amide bonds. The van der Waals surface area contributed by atoms with Crippen LogP contribution in [0.25, 0.3) is 0 Å². The molecule has 0 heteroatoms. The summed E-state index contributed by atoms with van der Waals surface area (Å²) >= 11 is 0. The predicted octanol–water partition coefficient (Wildman–Crippen LogP) is 10.8. The Bertz CT molecular complexity index is 1360. The van der Waals surface area contributed by atoms with E-state index in [9.17, 15) is 0 Å². The summed E-state index contributed by atoms with van der Waals surface area (Å²) in [5, 5.41) is 0. The van der Waals surface area contributed by atoms with E-state index in [-0.39, 0.29) is 5.41 Å². The van der Waals surface area contributed by atoms with Crippen LogP contribution in [0.3, 0.4) is 0 Å². The lowest BCUT2D eigenvalue weighted by Gasteiger charge is -2.37. The van der Waals surface area contributed by atoms with E-state index in [1.165, 1.54) is 36.0 Å². The van der Waals surface area contributed by atoms with Crippen LogP contribution in [0, 0.1) is 52.3 Å². The van der Waals surface area contributed by atoms with Gasteiger partial charge in [-0.05, 0) is 118 Å². The Hall–Kier alpha value is -3.40. The molecule has 1 unspecified atom stereocenters. The quantitative estimate of drug-likeness (QED) is 0.193. The summed E-state index contributed by atoms with van der Waals surface area (Å²) in [6.45, 7) is 22.2. The third-order valence-corrected chi connectivity index (χ3v) is 7.88. The SMILES string of the molecule is CC1=C(/C=C/C(C)=C/C#C/C(C)=C/C#C/C=C(\C)C#C/C=C(\C)C/C=C2\C(C)CCCC2(C)C)C(C)(C)CC=C1. The van der Waals surface area contributed by atoms with Crippen molar-refractivity contribution in [1.82, 2.24) is 0 Å². The van der Waals surface area contributed by atoms with Gasteiger partial charge < -0.3 is 0 Å². The molecule has 40 heavy (non-hydrogen) atoms. The van der Waals surface area contributed by atoms with Gasteiger partial charge in [0.2, 0.25) is 0 Å². The maximum Gasteiger partial charge on any atom is 0.00763 e. The molecule has 1 fully saturated rings. The fourth-order valence-corrected chi connectivity index (χ4v) is 5.42. The van der Waals surface area contributed by atoms with Gasteiger partial charge >= 0.3 is 0 Å². The Morgan fingerprint density at radius 2 is 1.50 bits per heavy atom. The van der Waals surface area contributed by atoms with Crippen LogP contribution in [0.5, 0.6) is 0 Å². The first-order chi connectivity index (χ1) is 18.8. The summed E-state index contributed by atoms with van der Waals surface area (Å²) in [6, 6.07) is 0. The van der Waals surface area contributed by atoms with E-state index in [1.54, 1.807) is 5.57 Å². The normalized spacial score (nSPS) is 22.4. The number of allylic oxidation sites excluding steroid dienone is 16. The van der Waals surface area contributed by atoms with Gasteiger partial charge in [0.05, 0.1) is 0 Å². The van der Waals surface area contributed by atoms with Crippen molar-refractivity contribution in [3.63, 3.8) is 0 Å². The third-order valence-electron chi connectivity index (χ3n) is 7.88. The lowest BCUT2D eigenvalue weighted by atomic mass is 9.68. The average Bonchev–Trinajstić information content (AvgIpc) is 2.85. The van der Waals surface area contributed by atoms with Crippen LogP contribution < -0.4 is 0 Å². The number of rotatable bonds is 4. The zero-order chi connectivity index (χ0) is 29.8. The highest BCUT2D eigenvalue weighted by Crippen LogP contribution is 2.43. The Balaban J connectivity index is 1.93. The third kappa shape index (κ3) is 11.0. The van der Waals surface area contributed by atoms with Gasteiger partial charge in [-0.15, -0.1) is 0 Å². The second-order valence-corrected chi connectivity index (χ2v) is 12.8. The van der Waals surface area contributed by atoms with E-state index in [0.29, 0.717) is 11.3 Å². The number of hydrogen-bond acceptors (Lipinski definition) is 0. The molecule has 0 saturated heterocycles. The van der Waals surface area contributed by atoms with E-state index in [2.05, 4.69) is 121 Å². The topological polar surface area (TPSA) is 0 Å². The van der Waals surface area contributed by atoms with E-state index in [4.69, 9.17) is 0 Å². The molecule has 0 bridgehead atoms. The lowest BCUT2D eigenvalue weighted by Crippen LogP contribution is -2.24. The lowest BCUT2D eigenvalue weighted by molar-refractivity contribution is 0.288. The molecule has 0 aromatic rings. The molecule has 0 aromatic heterocycles. The highest BCUT2D eigenvalue weighted by molar-refractivity contribution is 5.44. The predicted molar refractivity (Wildman–Crippen MR) is 177 cm³/mol. The van der Waals surface area contributed by atoms with E-state index >= 15 is 0 Å². The molecule has 0 heterocycles. The monoisotopic (exact) mass is 530 g/mol. The first kappa shape index (κ1) is 32.8. The van der Waals surface area contributed by atoms with Crippen molar-refractivity contribution >= 4 is 0 Å². The van der Waals surface area contributed by atoms with Crippen LogP contribution in [-0.4, -0.2) is 0 Å². The summed E-state index contributed by atoms with van der Waals surface area (Å²) in [5.41, 5.74) is 9.20. The first-order valence-corrected chi connectivity index (χ1v) is 14.8. The molecule has 0 aliphatic heterocycles. The Morgan fingerprint density at radius 3 is 2.10 bits per heavy atom. The highest BCUT2D eigenvalue weighted by atomic mass is 14.4. The van der Waals surface area contributed by atoms with Crippen molar-refractivity contribution in [2.45, 2.75) is 101 Å². The first-order valence-electron chi connectivity index (χ1n) is 14.8. The van der Waals surface area contributed by atoms with Gasteiger partial charge in [0.25, 0.3) is 0 Å². The van der Waals surface area contributed by atoms with Crippen LogP contribution >= 0.6 is 0 Å². The summed E-state index contributed by atoms with van der Waals surface area (Å²) in [4.78, 5) is 0. The molecule has 2 rings (SSSR count). The molecule has 210 valence electrons. The molecule has 0 aromatic carbocycles. The van der Waals surface area contributed by atoms with Crippen LogP contribution in [-0.2, 0) is 0 Å². The smallest absolute Gasteiger partial charge is 0.00763 e. The Morgan fingerprint density at radius 1 is 0.875 bits per heavy atom. The van der Waals surface area contributed by atoms with Crippen LogP contribution in [0.4, 0.5) is 0 Å². The van der Waals surface area contributed by atoms with Crippen molar-refractivity contribution in [2.75, 3.05) is 0 Å². The van der Waals surface area contributed by atoms with Gasteiger partial charge in [-0.2, -0.15) is 0 Å². The Labute approximate surface area is 246 Å². The molecule has 0 radical (unpaired) electrons. The second kappa shape index (κ2) is 15.4. The average molecular weight is 531 g/mol. The van der Waals surface area contributed by atoms with Gasteiger partial charge in [-0.25, -0.2) is 0 Å².